The Morgan fingerprint density at radius 3 is 2.47 bits per heavy atom. The molecule has 168 valence electrons. The third-order valence-corrected chi connectivity index (χ3v) is 4.81. The van der Waals surface area contributed by atoms with E-state index in [-0.39, 0.29) is 36.6 Å². The molecule has 0 aliphatic carbocycles. The van der Waals surface area contributed by atoms with Crippen LogP contribution in [0.25, 0.3) is 0 Å². The van der Waals surface area contributed by atoms with E-state index >= 15 is 0 Å². The molecule has 5 N–H and O–H groups in total. The zero-order valence-corrected chi connectivity index (χ0v) is 17.0. The van der Waals surface area contributed by atoms with Crippen molar-refractivity contribution in [3.63, 3.8) is 0 Å². The number of para-hydroxylation sites is 1. The maximum Gasteiger partial charge on any atom is 0.326 e. The summed E-state index contributed by atoms with van der Waals surface area (Å²) in [4.78, 5) is 49.5. The topological polar surface area (TPSA) is 154 Å². The Morgan fingerprint density at radius 2 is 1.75 bits per heavy atom. The van der Waals surface area contributed by atoms with Crippen LogP contribution in [0.3, 0.4) is 0 Å². The fraction of sp³-hybridized carbons (Fsp3) is 0.273. The highest BCUT2D eigenvalue weighted by atomic mass is 16.5. The Labute approximate surface area is 183 Å². The first kappa shape index (κ1) is 22.6. The van der Waals surface area contributed by atoms with Gasteiger partial charge in [-0.1, -0.05) is 24.3 Å². The number of phenols is 1. The van der Waals surface area contributed by atoms with Crippen LogP contribution in [0.2, 0.25) is 0 Å². The SMILES string of the molecule is O=C1C[C@@H](C(=O)O)NC(=O)c2ccccc2OCCNC(=O)[C@H](Cc2ccc(O)cc2)N1. The second-order valence-electron chi connectivity index (χ2n) is 7.19. The van der Waals surface area contributed by atoms with Gasteiger partial charge in [0.1, 0.15) is 30.2 Å². The number of benzene rings is 2. The van der Waals surface area contributed by atoms with E-state index in [2.05, 4.69) is 16.0 Å². The van der Waals surface area contributed by atoms with E-state index in [0.29, 0.717) is 5.56 Å². The highest BCUT2D eigenvalue weighted by Gasteiger charge is 2.28. The van der Waals surface area contributed by atoms with Crippen molar-refractivity contribution in [2.24, 2.45) is 0 Å². The van der Waals surface area contributed by atoms with Crippen LogP contribution in [0.5, 0.6) is 11.5 Å². The smallest absolute Gasteiger partial charge is 0.326 e. The summed E-state index contributed by atoms with van der Waals surface area (Å²) in [6.07, 6.45) is -0.449. The zero-order valence-electron chi connectivity index (χ0n) is 17.0. The second-order valence-corrected chi connectivity index (χ2v) is 7.19. The van der Waals surface area contributed by atoms with Crippen LogP contribution in [-0.2, 0) is 20.8 Å². The molecule has 0 radical (unpaired) electrons. The van der Waals surface area contributed by atoms with E-state index in [4.69, 9.17) is 4.74 Å². The molecule has 1 aliphatic heterocycles. The summed E-state index contributed by atoms with van der Waals surface area (Å²) in [6.45, 7) is 0.173. The molecule has 2 aromatic rings. The van der Waals surface area contributed by atoms with E-state index in [1.54, 1.807) is 30.3 Å². The Hall–Kier alpha value is -4.08. The predicted octanol–water partition coefficient (Wildman–Crippen LogP) is 0.201. The molecule has 1 heterocycles. The largest absolute Gasteiger partial charge is 0.508 e. The molecule has 0 spiro atoms. The average molecular weight is 441 g/mol. The summed E-state index contributed by atoms with van der Waals surface area (Å²) in [5.41, 5.74) is 0.797. The van der Waals surface area contributed by atoms with Gasteiger partial charge in [0.2, 0.25) is 11.8 Å². The van der Waals surface area contributed by atoms with Gasteiger partial charge >= 0.3 is 5.97 Å². The lowest BCUT2D eigenvalue weighted by Gasteiger charge is -2.22. The Morgan fingerprint density at radius 1 is 1.03 bits per heavy atom. The minimum absolute atomic E-state index is 0.0538. The number of aliphatic carboxylic acids is 1. The molecule has 3 rings (SSSR count). The lowest BCUT2D eigenvalue weighted by molar-refractivity contribution is -0.141. The molecule has 10 heteroatoms. The van der Waals surface area contributed by atoms with Gasteiger partial charge < -0.3 is 30.9 Å². The van der Waals surface area contributed by atoms with Crippen LogP contribution < -0.4 is 20.7 Å². The fourth-order valence-corrected chi connectivity index (χ4v) is 3.19. The number of fused-ring (bicyclic) bond motifs is 1. The summed E-state index contributed by atoms with van der Waals surface area (Å²) in [7, 11) is 0. The van der Waals surface area contributed by atoms with E-state index in [1.807, 2.05) is 0 Å². The summed E-state index contributed by atoms with van der Waals surface area (Å²) in [5, 5.41) is 26.4. The van der Waals surface area contributed by atoms with Crippen LogP contribution in [0.15, 0.2) is 48.5 Å². The normalized spacial score (nSPS) is 19.9. The molecule has 1 aliphatic rings. The van der Waals surface area contributed by atoms with Crippen molar-refractivity contribution in [1.29, 1.82) is 0 Å². The number of amides is 3. The molecule has 3 amide bonds. The number of nitrogens with one attached hydrogen (secondary N) is 3. The third-order valence-electron chi connectivity index (χ3n) is 4.81. The quantitative estimate of drug-likeness (QED) is 0.456. The van der Waals surface area contributed by atoms with Gasteiger partial charge in [0, 0.05) is 6.42 Å². The predicted molar refractivity (Wildman–Crippen MR) is 112 cm³/mol. The molecule has 2 aromatic carbocycles. The molecule has 2 atom stereocenters. The molecule has 0 fully saturated rings. The lowest BCUT2D eigenvalue weighted by atomic mass is 10.0. The van der Waals surface area contributed by atoms with E-state index in [9.17, 15) is 29.4 Å². The first-order valence-corrected chi connectivity index (χ1v) is 9.94. The van der Waals surface area contributed by atoms with Crippen LogP contribution in [0.4, 0.5) is 0 Å². The molecule has 32 heavy (non-hydrogen) atoms. The number of hydrogen-bond donors (Lipinski definition) is 5. The number of phenolic OH excluding ortho intramolecular Hbond substituents is 1. The van der Waals surface area contributed by atoms with Crippen LogP contribution in [0.1, 0.15) is 22.3 Å². The molecule has 10 nitrogen and oxygen atoms in total. The van der Waals surface area contributed by atoms with Crippen molar-refractivity contribution in [3.05, 3.63) is 59.7 Å². The fourth-order valence-electron chi connectivity index (χ4n) is 3.19. The first-order chi connectivity index (χ1) is 15.3. The van der Waals surface area contributed by atoms with Crippen LogP contribution >= 0.6 is 0 Å². The summed E-state index contributed by atoms with van der Waals surface area (Å²) >= 11 is 0. The van der Waals surface area contributed by atoms with Gasteiger partial charge in [-0.05, 0) is 29.8 Å². The molecular weight excluding hydrogens is 418 g/mol. The summed E-state index contributed by atoms with van der Waals surface area (Å²) in [6, 6.07) is 9.93. The van der Waals surface area contributed by atoms with Crippen molar-refractivity contribution < 1.29 is 34.1 Å². The molecule has 0 aromatic heterocycles. The van der Waals surface area contributed by atoms with E-state index in [1.165, 1.54) is 18.2 Å². The molecule has 0 bridgehead atoms. The Kier molecular flexibility index (Phi) is 7.27. The van der Waals surface area contributed by atoms with Crippen molar-refractivity contribution in [1.82, 2.24) is 16.0 Å². The Balaban J connectivity index is 1.84. The van der Waals surface area contributed by atoms with Gasteiger partial charge in [-0.15, -0.1) is 0 Å². The zero-order chi connectivity index (χ0) is 23.1. The minimum atomic E-state index is -1.50. The lowest BCUT2D eigenvalue weighted by Crippen LogP contribution is -2.51. The molecular formula is C22H23N3O7. The number of carbonyl (C=O) groups excluding carboxylic acids is 3. The standard InChI is InChI=1S/C22H23N3O7/c26-14-7-5-13(6-8-14)11-16-21(29)23-9-10-32-18-4-2-1-3-15(18)20(28)25-17(22(30)31)12-19(27)24-16/h1-8,16-17,26H,9-12H2,(H,23,29)(H,24,27)(H,25,28)(H,30,31)/t16-,17-/m0/s1. The van der Waals surface area contributed by atoms with Gasteiger partial charge in [-0.25, -0.2) is 4.79 Å². The highest BCUT2D eigenvalue weighted by Crippen LogP contribution is 2.18. The number of carboxylic acid groups (broad SMARTS) is 1. The second kappa shape index (κ2) is 10.3. The van der Waals surface area contributed by atoms with Crippen molar-refractivity contribution in [2.45, 2.75) is 24.9 Å². The van der Waals surface area contributed by atoms with Crippen molar-refractivity contribution in [3.8, 4) is 11.5 Å². The third kappa shape index (κ3) is 5.97. The molecule has 0 saturated heterocycles. The van der Waals surface area contributed by atoms with E-state index in [0.717, 1.165) is 0 Å². The van der Waals surface area contributed by atoms with Crippen molar-refractivity contribution in [2.75, 3.05) is 13.2 Å². The van der Waals surface area contributed by atoms with Gasteiger partial charge in [-0.2, -0.15) is 0 Å². The number of aromatic hydroxyl groups is 1. The minimum Gasteiger partial charge on any atom is -0.508 e. The van der Waals surface area contributed by atoms with Gasteiger partial charge in [0.05, 0.1) is 18.5 Å². The maximum atomic E-state index is 12.7. The van der Waals surface area contributed by atoms with Gasteiger partial charge in [-0.3, -0.25) is 14.4 Å². The van der Waals surface area contributed by atoms with E-state index < -0.39 is 42.2 Å². The van der Waals surface area contributed by atoms with Gasteiger partial charge in [0.15, 0.2) is 0 Å². The van der Waals surface area contributed by atoms with Crippen LogP contribution in [-0.4, -0.2) is 59.1 Å². The summed E-state index contributed by atoms with van der Waals surface area (Å²) < 4.78 is 5.60. The molecule has 0 saturated carbocycles. The van der Waals surface area contributed by atoms with Crippen molar-refractivity contribution >= 4 is 23.7 Å². The first-order valence-electron chi connectivity index (χ1n) is 9.94. The number of ether oxygens (including phenoxy) is 1. The number of carboxylic acids is 1. The maximum absolute atomic E-state index is 12.7. The monoisotopic (exact) mass is 441 g/mol. The Bertz CT molecular complexity index is 1010. The van der Waals surface area contributed by atoms with Gasteiger partial charge in [0.25, 0.3) is 5.91 Å². The number of rotatable bonds is 3. The van der Waals surface area contributed by atoms with Crippen LogP contribution in [0, 0.1) is 0 Å². The number of hydrogen-bond acceptors (Lipinski definition) is 6. The average Bonchev–Trinajstić information content (AvgIpc) is 2.76. The molecule has 0 unspecified atom stereocenters. The highest BCUT2D eigenvalue weighted by molar-refractivity contribution is 6.00. The number of carbonyl (C=O) groups is 4. The summed E-state index contributed by atoms with van der Waals surface area (Å²) in [5.74, 6) is -2.98.